The zero-order valence-electron chi connectivity index (χ0n) is 16.4. The van der Waals surface area contributed by atoms with Gasteiger partial charge in [-0.1, -0.05) is 18.2 Å². The number of nitrogens with zero attached hydrogens (tertiary/aromatic N) is 2. The van der Waals surface area contributed by atoms with Gasteiger partial charge in [-0.3, -0.25) is 0 Å². The van der Waals surface area contributed by atoms with Gasteiger partial charge in [0.1, 0.15) is 22.7 Å². The quantitative estimate of drug-likeness (QED) is 0.384. The van der Waals surface area contributed by atoms with Gasteiger partial charge in [0.05, 0.1) is 18.6 Å². The molecule has 2 amide bonds. The largest absolute Gasteiger partial charge is 0.493 e. The van der Waals surface area contributed by atoms with Crippen LogP contribution in [0, 0.1) is 5.82 Å². The zero-order chi connectivity index (χ0) is 21.6. The highest BCUT2D eigenvalue weighted by Gasteiger charge is 2.14. The Kier molecular flexibility index (Phi) is 6.23. The second-order valence-electron chi connectivity index (χ2n) is 6.58. The molecule has 0 saturated carbocycles. The van der Waals surface area contributed by atoms with Crippen LogP contribution in [0.3, 0.4) is 0 Å². The first kappa shape index (κ1) is 20.5. The van der Waals surface area contributed by atoms with E-state index in [0.717, 1.165) is 21.3 Å². The second kappa shape index (κ2) is 9.40. The number of hydrogen-bond acceptors (Lipinski definition) is 6. The predicted octanol–water partition coefficient (Wildman–Crippen LogP) is 4.84. The molecule has 0 aliphatic carbocycles. The average molecular weight is 438 g/mol. The number of primary amides is 1. The molecule has 158 valence electrons. The maximum absolute atomic E-state index is 13.3. The fourth-order valence-electron chi connectivity index (χ4n) is 3.02. The molecule has 0 aliphatic heterocycles. The molecule has 0 spiro atoms. The minimum absolute atomic E-state index is 0.285. The number of nitrogens with two attached hydrogens (primary N) is 1. The van der Waals surface area contributed by atoms with E-state index in [1.165, 1.54) is 29.8 Å². The monoisotopic (exact) mass is 438 g/mol. The maximum Gasteiger partial charge on any atom is 0.316 e. The van der Waals surface area contributed by atoms with Gasteiger partial charge >= 0.3 is 6.03 Å². The molecule has 0 unspecified atom stereocenters. The minimum atomic E-state index is -0.629. The maximum atomic E-state index is 13.3. The molecular weight excluding hydrogens is 419 g/mol. The van der Waals surface area contributed by atoms with Crippen molar-refractivity contribution in [2.45, 2.75) is 6.42 Å². The van der Waals surface area contributed by atoms with E-state index in [4.69, 9.17) is 15.2 Å². The third-order valence-electron chi connectivity index (χ3n) is 4.39. The van der Waals surface area contributed by atoms with Crippen LogP contribution in [-0.2, 0) is 0 Å². The van der Waals surface area contributed by atoms with Gasteiger partial charge in [-0.05, 0) is 29.8 Å². The van der Waals surface area contributed by atoms with Gasteiger partial charge in [-0.15, -0.1) is 11.3 Å². The number of amides is 2. The van der Waals surface area contributed by atoms with Crippen molar-refractivity contribution in [3.05, 3.63) is 66.1 Å². The van der Waals surface area contributed by atoms with Crippen LogP contribution >= 0.6 is 11.3 Å². The molecule has 7 nitrogen and oxygen atoms in total. The summed E-state index contributed by atoms with van der Waals surface area (Å²) in [4.78, 5) is 20.3. The van der Waals surface area contributed by atoms with Gasteiger partial charge in [0.2, 0.25) is 5.88 Å². The summed E-state index contributed by atoms with van der Waals surface area (Å²) >= 11 is 1.49. The molecule has 0 atom stereocenters. The second-order valence-corrected chi connectivity index (χ2v) is 7.44. The highest BCUT2D eigenvalue weighted by atomic mass is 32.1. The van der Waals surface area contributed by atoms with E-state index in [1.807, 2.05) is 5.38 Å². The first-order chi connectivity index (χ1) is 15.1. The number of hydrogen-bond donors (Lipinski definition) is 2. The number of rotatable bonds is 8. The summed E-state index contributed by atoms with van der Waals surface area (Å²) in [6.07, 6.45) is 2.09. The summed E-state index contributed by atoms with van der Waals surface area (Å²) in [6.45, 7) is 0.812. The molecule has 31 heavy (non-hydrogen) atoms. The van der Waals surface area contributed by atoms with Crippen LogP contribution in [0.25, 0.3) is 21.3 Å². The Bertz CT molecular complexity index is 1200. The van der Waals surface area contributed by atoms with Crippen LogP contribution in [0.4, 0.5) is 14.9 Å². The van der Waals surface area contributed by atoms with Crippen LogP contribution < -0.4 is 20.5 Å². The number of ether oxygens (including phenoxy) is 2. The SMILES string of the molecule is NC(=O)Nc1cccc(OCCCOc2ncnc3scc(-c4ccc(F)cc4)c23)c1. The van der Waals surface area contributed by atoms with Crippen molar-refractivity contribution >= 4 is 33.3 Å². The molecule has 4 rings (SSSR count). The lowest BCUT2D eigenvalue weighted by Gasteiger charge is -2.10. The number of nitrogens with one attached hydrogen (secondary N) is 1. The number of anilines is 1. The number of aromatic nitrogens is 2. The highest BCUT2D eigenvalue weighted by Crippen LogP contribution is 2.37. The molecular formula is C22H19FN4O3S. The fraction of sp³-hybridized carbons (Fsp3) is 0.136. The van der Waals surface area contributed by atoms with Crippen LogP contribution in [0.2, 0.25) is 0 Å². The Morgan fingerprint density at radius 1 is 1.10 bits per heavy atom. The summed E-state index contributed by atoms with van der Waals surface area (Å²) in [5.41, 5.74) is 7.47. The minimum Gasteiger partial charge on any atom is -0.493 e. The number of fused-ring (bicyclic) bond motifs is 1. The number of carbonyl (C=O) groups is 1. The lowest BCUT2D eigenvalue weighted by Crippen LogP contribution is -2.19. The van der Waals surface area contributed by atoms with E-state index in [1.54, 1.807) is 36.4 Å². The molecule has 0 fully saturated rings. The topological polar surface area (TPSA) is 99.4 Å². The first-order valence-electron chi connectivity index (χ1n) is 9.50. The standard InChI is InChI=1S/C22H19FN4O3S/c23-15-7-5-14(6-8-15)18-12-31-21-19(18)20(25-13-26-21)30-10-2-9-29-17-4-1-3-16(11-17)27-22(24)28/h1,3-8,11-13H,2,9-10H2,(H3,24,27,28). The van der Waals surface area contributed by atoms with Crippen LogP contribution in [-0.4, -0.2) is 29.2 Å². The van der Waals surface area contributed by atoms with Crippen LogP contribution in [0.1, 0.15) is 6.42 Å². The van der Waals surface area contributed by atoms with E-state index >= 15 is 0 Å². The lowest BCUT2D eigenvalue weighted by molar-refractivity contribution is 0.244. The van der Waals surface area contributed by atoms with Crippen LogP contribution in [0.5, 0.6) is 11.6 Å². The van der Waals surface area contributed by atoms with E-state index in [-0.39, 0.29) is 5.82 Å². The molecule has 4 aromatic rings. The Hall–Kier alpha value is -3.72. The first-order valence-corrected chi connectivity index (χ1v) is 10.4. The fourth-order valence-corrected chi connectivity index (χ4v) is 3.93. The van der Waals surface area contributed by atoms with Gasteiger partial charge in [0, 0.05) is 29.1 Å². The molecule has 0 aliphatic rings. The van der Waals surface area contributed by atoms with Crippen molar-refractivity contribution in [1.82, 2.24) is 9.97 Å². The molecule has 2 aromatic carbocycles. The number of halogens is 1. The molecule has 0 radical (unpaired) electrons. The number of benzene rings is 2. The summed E-state index contributed by atoms with van der Waals surface area (Å²) < 4.78 is 24.9. The Balaban J connectivity index is 1.38. The van der Waals surface area contributed by atoms with Crippen molar-refractivity contribution in [3.63, 3.8) is 0 Å². The van der Waals surface area contributed by atoms with Gasteiger partial charge in [0.25, 0.3) is 0 Å². The number of thiophene rings is 1. The predicted molar refractivity (Wildman–Crippen MR) is 118 cm³/mol. The van der Waals surface area contributed by atoms with Crippen molar-refractivity contribution in [1.29, 1.82) is 0 Å². The Morgan fingerprint density at radius 3 is 2.71 bits per heavy atom. The number of carbonyl (C=O) groups excluding carboxylic acids is 1. The smallest absolute Gasteiger partial charge is 0.316 e. The molecule has 9 heteroatoms. The third kappa shape index (κ3) is 5.07. The van der Waals surface area contributed by atoms with Gasteiger partial charge in [-0.25, -0.2) is 19.2 Å². The van der Waals surface area contributed by atoms with Crippen LogP contribution in [0.15, 0.2) is 60.2 Å². The molecule has 0 bridgehead atoms. The van der Waals surface area contributed by atoms with Gasteiger partial charge in [0.15, 0.2) is 0 Å². The summed E-state index contributed by atoms with van der Waals surface area (Å²) in [5, 5.41) is 5.28. The van der Waals surface area contributed by atoms with Gasteiger partial charge < -0.3 is 20.5 Å². The van der Waals surface area contributed by atoms with E-state index in [2.05, 4.69) is 15.3 Å². The highest BCUT2D eigenvalue weighted by molar-refractivity contribution is 7.17. The van der Waals surface area contributed by atoms with Crippen molar-refractivity contribution in [2.24, 2.45) is 5.73 Å². The Morgan fingerprint density at radius 2 is 1.90 bits per heavy atom. The molecule has 3 N–H and O–H groups in total. The van der Waals surface area contributed by atoms with Gasteiger partial charge in [-0.2, -0.15) is 0 Å². The molecule has 0 saturated heterocycles. The molecule has 2 aromatic heterocycles. The van der Waals surface area contributed by atoms with Crippen molar-refractivity contribution in [2.75, 3.05) is 18.5 Å². The van der Waals surface area contributed by atoms with Crippen molar-refractivity contribution in [3.8, 4) is 22.8 Å². The van der Waals surface area contributed by atoms with E-state index < -0.39 is 6.03 Å². The van der Waals surface area contributed by atoms with E-state index in [9.17, 15) is 9.18 Å². The molecule has 2 heterocycles. The summed E-state index contributed by atoms with van der Waals surface area (Å²) in [6, 6.07) is 12.6. The average Bonchev–Trinajstić information content (AvgIpc) is 3.19. The van der Waals surface area contributed by atoms with E-state index in [0.29, 0.717) is 37.0 Å². The summed E-state index contributed by atoms with van der Waals surface area (Å²) in [7, 11) is 0. The normalized spacial score (nSPS) is 10.7. The number of urea groups is 1. The zero-order valence-corrected chi connectivity index (χ0v) is 17.2. The lowest BCUT2D eigenvalue weighted by atomic mass is 10.1. The van der Waals surface area contributed by atoms with Crippen molar-refractivity contribution < 1.29 is 18.7 Å². The third-order valence-corrected chi connectivity index (χ3v) is 5.27. The Labute approximate surface area is 181 Å². The summed E-state index contributed by atoms with van der Waals surface area (Å²) in [5.74, 6) is 0.817.